The van der Waals surface area contributed by atoms with Gasteiger partial charge in [-0.3, -0.25) is 9.69 Å². The van der Waals surface area contributed by atoms with Crippen LogP contribution in [0.5, 0.6) is 0 Å². The molecule has 0 spiro atoms. The number of hydrogen-bond donors (Lipinski definition) is 1. The second-order valence-corrected chi connectivity index (χ2v) is 5.51. The van der Waals surface area contributed by atoms with Crippen molar-refractivity contribution in [1.82, 2.24) is 14.8 Å². The van der Waals surface area contributed by atoms with Crippen molar-refractivity contribution < 1.29 is 9.53 Å². The fourth-order valence-electron chi connectivity index (χ4n) is 3.01. The average Bonchev–Trinajstić information content (AvgIpc) is 2.75. The molecule has 2 aliphatic rings. The molecule has 0 unspecified atom stereocenters. The fraction of sp³-hybridized carbons (Fsp3) is 0.571. The van der Waals surface area contributed by atoms with Crippen molar-refractivity contribution in [2.24, 2.45) is 0 Å². The van der Waals surface area contributed by atoms with E-state index in [1.807, 2.05) is 24.1 Å². The molecule has 3 heterocycles. The topological polar surface area (TPSA) is 71.7 Å². The number of fused-ring (bicyclic) bond motifs is 1. The average molecular weight is 349 g/mol. The highest BCUT2D eigenvalue weighted by Gasteiger charge is 2.39. The monoisotopic (exact) mass is 348 g/mol. The Balaban J connectivity index is 0.00000121. The smallest absolute Gasteiger partial charge is 0.225 e. The van der Waals surface area contributed by atoms with E-state index in [1.165, 1.54) is 0 Å². The summed E-state index contributed by atoms with van der Waals surface area (Å²) in [6, 6.07) is 4.02. The van der Waals surface area contributed by atoms with E-state index >= 15 is 0 Å². The number of pyridine rings is 1. The van der Waals surface area contributed by atoms with Gasteiger partial charge in [-0.1, -0.05) is 0 Å². The van der Waals surface area contributed by atoms with Gasteiger partial charge >= 0.3 is 0 Å². The molecule has 124 valence electrons. The number of anilines is 1. The standard InChI is InChI=1S/C14H20N4O2.2ClH/c1-17-11-8-18(7-10-2-4-16-13(15)6-10)9-12(11)20-5-3-14(17)19;;/h2,4,6,11-12H,3,5,7-9H2,1H3,(H2,15,16);2*1H/t11-,12-;;/m0../s1. The third kappa shape index (κ3) is 4.01. The maximum absolute atomic E-state index is 11.9. The first-order chi connectivity index (χ1) is 9.63. The van der Waals surface area contributed by atoms with Gasteiger partial charge < -0.3 is 15.4 Å². The van der Waals surface area contributed by atoms with Gasteiger partial charge in [-0.2, -0.15) is 0 Å². The number of likely N-dealkylation sites (N-methyl/N-ethyl adjacent to an activating group) is 1. The number of amides is 1. The van der Waals surface area contributed by atoms with E-state index in [9.17, 15) is 4.79 Å². The lowest BCUT2D eigenvalue weighted by molar-refractivity contribution is -0.131. The van der Waals surface area contributed by atoms with E-state index in [-0.39, 0.29) is 42.9 Å². The summed E-state index contributed by atoms with van der Waals surface area (Å²) in [5.74, 6) is 0.715. The Kier molecular flexibility index (Phi) is 6.87. The summed E-state index contributed by atoms with van der Waals surface area (Å²) in [5, 5.41) is 0. The quantitative estimate of drug-likeness (QED) is 0.860. The maximum Gasteiger partial charge on any atom is 0.225 e. The van der Waals surface area contributed by atoms with Crippen molar-refractivity contribution in [2.75, 3.05) is 32.5 Å². The lowest BCUT2D eigenvalue weighted by Gasteiger charge is -2.25. The molecular weight excluding hydrogens is 327 g/mol. The molecule has 0 aliphatic carbocycles. The van der Waals surface area contributed by atoms with Crippen molar-refractivity contribution in [1.29, 1.82) is 0 Å². The first-order valence-electron chi connectivity index (χ1n) is 6.93. The van der Waals surface area contributed by atoms with Crippen LogP contribution in [0.25, 0.3) is 0 Å². The van der Waals surface area contributed by atoms with Gasteiger partial charge in [0.1, 0.15) is 5.82 Å². The predicted octanol–water partition coefficient (Wildman–Crippen LogP) is 0.939. The summed E-state index contributed by atoms with van der Waals surface area (Å²) in [6.07, 6.45) is 2.33. The molecule has 1 amide bonds. The van der Waals surface area contributed by atoms with Gasteiger partial charge in [-0.15, -0.1) is 24.8 Å². The van der Waals surface area contributed by atoms with Crippen LogP contribution in [0, 0.1) is 0 Å². The highest BCUT2D eigenvalue weighted by molar-refractivity contribution is 5.85. The lowest BCUT2D eigenvalue weighted by atomic mass is 10.2. The molecule has 2 N–H and O–H groups in total. The number of nitrogens with two attached hydrogens (primary N) is 1. The zero-order valence-electron chi connectivity index (χ0n) is 12.5. The van der Waals surface area contributed by atoms with Gasteiger partial charge in [0.05, 0.1) is 25.2 Å². The van der Waals surface area contributed by atoms with Crippen molar-refractivity contribution in [2.45, 2.75) is 25.1 Å². The molecule has 3 rings (SSSR count). The third-order valence-corrected chi connectivity index (χ3v) is 4.10. The molecule has 2 fully saturated rings. The summed E-state index contributed by atoms with van der Waals surface area (Å²) in [7, 11) is 1.88. The van der Waals surface area contributed by atoms with Crippen LogP contribution < -0.4 is 5.73 Å². The number of ether oxygens (including phenoxy) is 1. The van der Waals surface area contributed by atoms with E-state index in [2.05, 4.69) is 9.88 Å². The largest absolute Gasteiger partial charge is 0.384 e. The Morgan fingerprint density at radius 3 is 2.91 bits per heavy atom. The number of nitrogens with zero attached hydrogens (tertiary/aromatic N) is 3. The molecule has 22 heavy (non-hydrogen) atoms. The lowest BCUT2D eigenvalue weighted by Crippen LogP contribution is -2.42. The summed E-state index contributed by atoms with van der Waals surface area (Å²) in [4.78, 5) is 20.0. The first kappa shape index (κ1) is 19.0. The molecule has 0 radical (unpaired) electrons. The number of rotatable bonds is 2. The van der Waals surface area contributed by atoms with Crippen LogP contribution in [-0.2, 0) is 16.1 Å². The molecule has 1 aromatic heterocycles. The summed E-state index contributed by atoms with van der Waals surface area (Å²) in [5.41, 5.74) is 6.85. The van der Waals surface area contributed by atoms with Crippen LogP contribution in [0.1, 0.15) is 12.0 Å². The van der Waals surface area contributed by atoms with Gasteiger partial charge in [0.25, 0.3) is 0 Å². The number of carbonyl (C=O) groups excluding carboxylic acids is 1. The minimum absolute atomic E-state index is 0. The van der Waals surface area contributed by atoms with Gasteiger partial charge in [-0.05, 0) is 17.7 Å². The third-order valence-electron chi connectivity index (χ3n) is 4.10. The van der Waals surface area contributed by atoms with Crippen LogP contribution in [0.15, 0.2) is 18.3 Å². The molecule has 1 aromatic rings. The number of halogens is 2. The number of carbonyl (C=O) groups is 1. The fourth-order valence-corrected chi connectivity index (χ4v) is 3.01. The first-order valence-corrected chi connectivity index (χ1v) is 6.93. The van der Waals surface area contributed by atoms with Gasteiger partial charge in [0.15, 0.2) is 0 Å². The molecule has 8 heteroatoms. The van der Waals surface area contributed by atoms with Gasteiger partial charge in [0, 0.05) is 32.9 Å². The number of hydrogen-bond acceptors (Lipinski definition) is 5. The minimum Gasteiger partial charge on any atom is -0.384 e. The highest BCUT2D eigenvalue weighted by Crippen LogP contribution is 2.23. The number of aromatic nitrogens is 1. The van der Waals surface area contributed by atoms with Gasteiger partial charge in [-0.25, -0.2) is 4.98 Å². The summed E-state index contributed by atoms with van der Waals surface area (Å²) >= 11 is 0. The Hall–Kier alpha value is -1.08. The van der Waals surface area contributed by atoms with E-state index in [4.69, 9.17) is 10.5 Å². The van der Waals surface area contributed by atoms with Crippen molar-refractivity contribution in [3.8, 4) is 0 Å². The Morgan fingerprint density at radius 1 is 1.41 bits per heavy atom. The maximum atomic E-state index is 11.9. The van der Waals surface area contributed by atoms with E-state index < -0.39 is 0 Å². The molecule has 2 aliphatic heterocycles. The molecule has 2 atom stereocenters. The van der Waals surface area contributed by atoms with E-state index in [0.717, 1.165) is 25.2 Å². The number of nitrogen functional groups attached to an aromatic ring is 1. The molecular formula is C14H22Cl2N4O2. The Labute approximate surface area is 142 Å². The van der Waals surface area contributed by atoms with Crippen molar-refractivity contribution in [3.63, 3.8) is 0 Å². The normalized spacial score (nSPS) is 25.0. The van der Waals surface area contributed by atoms with Crippen LogP contribution in [0.4, 0.5) is 5.82 Å². The van der Waals surface area contributed by atoms with Crippen LogP contribution in [0.3, 0.4) is 0 Å². The zero-order chi connectivity index (χ0) is 14.1. The second-order valence-electron chi connectivity index (χ2n) is 5.51. The molecule has 0 saturated carbocycles. The van der Waals surface area contributed by atoms with Crippen LogP contribution >= 0.6 is 24.8 Å². The van der Waals surface area contributed by atoms with Crippen LogP contribution in [-0.4, -0.2) is 59.6 Å². The predicted molar refractivity (Wildman–Crippen MR) is 89.3 cm³/mol. The summed E-state index contributed by atoms with van der Waals surface area (Å²) < 4.78 is 5.82. The highest BCUT2D eigenvalue weighted by atomic mass is 35.5. The number of likely N-dealkylation sites (tertiary alicyclic amines) is 1. The minimum atomic E-state index is 0. The van der Waals surface area contributed by atoms with Crippen molar-refractivity contribution >= 4 is 36.5 Å². The second kappa shape index (κ2) is 7.97. The zero-order valence-corrected chi connectivity index (χ0v) is 14.1. The molecule has 6 nitrogen and oxygen atoms in total. The molecule has 0 aromatic carbocycles. The van der Waals surface area contributed by atoms with Gasteiger partial charge in [0.2, 0.25) is 5.91 Å². The van der Waals surface area contributed by atoms with E-state index in [1.54, 1.807) is 6.20 Å². The Bertz CT molecular complexity index is 517. The van der Waals surface area contributed by atoms with Crippen molar-refractivity contribution in [3.05, 3.63) is 23.9 Å². The van der Waals surface area contributed by atoms with E-state index in [0.29, 0.717) is 18.8 Å². The molecule has 0 bridgehead atoms. The molecule has 2 saturated heterocycles. The Morgan fingerprint density at radius 2 is 2.18 bits per heavy atom. The SMILES string of the molecule is CN1C(=O)CCO[C@H]2CN(Cc3ccnc(N)c3)C[C@@H]21.Cl.Cl. The summed E-state index contributed by atoms with van der Waals surface area (Å²) in [6.45, 7) is 3.03. The van der Waals surface area contributed by atoms with Crippen LogP contribution in [0.2, 0.25) is 0 Å².